The maximum atomic E-state index is 11.4. The number of esters is 1. The first-order chi connectivity index (χ1) is 8.69. The molecule has 18 heavy (non-hydrogen) atoms. The van der Waals surface area contributed by atoms with E-state index in [2.05, 4.69) is 12.1 Å². The van der Waals surface area contributed by atoms with Gasteiger partial charge in [-0.15, -0.1) is 11.8 Å². The number of ether oxygens (including phenoxy) is 1. The molecule has 0 heterocycles. The lowest BCUT2D eigenvalue weighted by Gasteiger charge is -2.26. The van der Waals surface area contributed by atoms with Crippen molar-refractivity contribution in [1.29, 1.82) is 0 Å². The highest BCUT2D eigenvalue weighted by atomic mass is 35.5. The maximum Gasteiger partial charge on any atom is 0.308 e. The quantitative estimate of drug-likeness (QED) is 0.780. The van der Waals surface area contributed by atoms with Crippen molar-refractivity contribution >= 4 is 29.3 Å². The van der Waals surface area contributed by atoms with Gasteiger partial charge in [0.1, 0.15) is 0 Å². The molecule has 1 saturated carbocycles. The number of carbonyl (C=O) groups excluding carboxylic acids is 1. The van der Waals surface area contributed by atoms with Gasteiger partial charge in [-0.1, -0.05) is 11.6 Å². The lowest BCUT2D eigenvalue weighted by molar-refractivity contribution is -0.146. The average molecular weight is 285 g/mol. The number of hydrogen-bond donors (Lipinski definition) is 0. The maximum absolute atomic E-state index is 11.4. The molecule has 0 unspecified atom stereocenters. The number of rotatable bonds is 3. The summed E-state index contributed by atoms with van der Waals surface area (Å²) in [7, 11) is 1.47. The topological polar surface area (TPSA) is 26.3 Å². The molecule has 1 aromatic rings. The van der Waals surface area contributed by atoms with Crippen molar-refractivity contribution in [3.8, 4) is 0 Å². The summed E-state index contributed by atoms with van der Waals surface area (Å²) >= 11 is 7.75. The zero-order valence-electron chi connectivity index (χ0n) is 10.4. The highest BCUT2D eigenvalue weighted by Crippen LogP contribution is 2.36. The summed E-state index contributed by atoms with van der Waals surface area (Å²) in [6.07, 6.45) is 4.04. The Bertz CT molecular complexity index is 397. The molecule has 1 aromatic carbocycles. The van der Waals surface area contributed by atoms with Gasteiger partial charge < -0.3 is 4.74 Å². The Kier molecular flexibility index (Phi) is 4.95. The van der Waals surface area contributed by atoms with Crippen LogP contribution in [-0.2, 0) is 9.53 Å². The van der Waals surface area contributed by atoms with E-state index >= 15 is 0 Å². The van der Waals surface area contributed by atoms with Gasteiger partial charge in [0, 0.05) is 15.2 Å². The molecule has 98 valence electrons. The van der Waals surface area contributed by atoms with Crippen LogP contribution in [0.1, 0.15) is 25.7 Å². The summed E-state index contributed by atoms with van der Waals surface area (Å²) in [5.74, 6) is 0.0574. The first-order valence-electron chi connectivity index (χ1n) is 6.19. The summed E-state index contributed by atoms with van der Waals surface area (Å²) in [4.78, 5) is 12.7. The van der Waals surface area contributed by atoms with Crippen LogP contribution >= 0.6 is 23.4 Å². The molecule has 0 spiro atoms. The van der Waals surface area contributed by atoms with Crippen LogP contribution in [0.2, 0.25) is 5.02 Å². The Labute approximate surface area is 117 Å². The summed E-state index contributed by atoms with van der Waals surface area (Å²) in [6, 6.07) is 7.95. The van der Waals surface area contributed by atoms with Crippen LogP contribution in [0.3, 0.4) is 0 Å². The molecule has 0 atom stereocenters. The van der Waals surface area contributed by atoms with Crippen LogP contribution in [0.25, 0.3) is 0 Å². The molecular weight excluding hydrogens is 268 g/mol. The van der Waals surface area contributed by atoms with Crippen LogP contribution in [0, 0.1) is 5.92 Å². The van der Waals surface area contributed by atoms with E-state index in [1.807, 2.05) is 23.9 Å². The van der Waals surface area contributed by atoms with Crippen LogP contribution < -0.4 is 0 Å². The van der Waals surface area contributed by atoms with Gasteiger partial charge >= 0.3 is 5.97 Å². The van der Waals surface area contributed by atoms with E-state index in [-0.39, 0.29) is 11.9 Å². The molecular formula is C14H17ClO2S. The van der Waals surface area contributed by atoms with E-state index < -0.39 is 0 Å². The van der Waals surface area contributed by atoms with Gasteiger partial charge in [-0.3, -0.25) is 4.79 Å². The number of hydrogen-bond acceptors (Lipinski definition) is 3. The van der Waals surface area contributed by atoms with Crippen LogP contribution in [0.5, 0.6) is 0 Å². The van der Waals surface area contributed by atoms with E-state index in [1.165, 1.54) is 12.0 Å². The lowest BCUT2D eigenvalue weighted by Crippen LogP contribution is -2.23. The number of benzene rings is 1. The Morgan fingerprint density at radius 1 is 1.22 bits per heavy atom. The summed E-state index contributed by atoms with van der Waals surface area (Å²) in [6.45, 7) is 0. The predicted molar refractivity (Wildman–Crippen MR) is 75.1 cm³/mol. The van der Waals surface area contributed by atoms with Gasteiger partial charge in [0.25, 0.3) is 0 Å². The van der Waals surface area contributed by atoms with Gasteiger partial charge in [-0.2, -0.15) is 0 Å². The van der Waals surface area contributed by atoms with E-state index in [9.17, 15) is 4.79 Å². The van der Waals surface area contributed by atoms with Crippen LogP contribution in [-0.4, -0.2) is 18.3 Å². The van der Waals surface area contributed by atoms with Crippen molar-refractivity contribution in [2.75, 3.05) is 7.11 Å². The smallest absolute Gasteiger partial charge is 0.308 e. The van der Waals surface area contributed by atoms with E-state index in [1.54, 1.807) is 0 Å². The van der Waals surface area contributed by atoms with Crippen molar-refractivity contribution < 1.29 is 9.53 Å². The third kappa shape index (κ3) is 3.66. The van der Waals surface area contributed by atoms with Gasteiger partial charge in [-0.05, 0) is 49.9 Å². The predicted octanol–water partition coefficient (Wildman–Crippen LogP) is 4.16. The molecule has 1 aliphatic carbocycles. The summed E-state index contributed by atoms with van der Waals surface area (Å²) in [5, 5.41) is 1.38. The highest BCUT2D eigenvalue weighted by Gasteiger charge is 2.27. The Morgan fingerprint density at radius 2 is 1.83 bits per heavy atom. The molecule has 0 radical (unpaired) electrons. The minimum atomic E-state index is -0.0510. The Hall–Kier alpha value is -0.670. The molecule has 0 aromatic heterocycles. The summed E-state index contributed by atoms with van der Waals surface area (Å²) < 4.78 is 4.80. The largest absolute Gasteiger partial charge is 0.469 e. The molecule has 1 fully saturated rings. The molecule has 1 aliphatic rings. The lowest BCUT2D eigenvalue weighted by atomic mass is 9.89. The van der Waals surface area contributed by atoms with Crippen molar-refractivity contribution in [2.45, 2.75) is 35.8 Å². The first kappa shape index (κ1) is 13.8. The Morgan fingerprint density at radius 3 is 2.39 bits per heavy atom. The van der Waals surface area contributed by atoms with Crippen LogP contribution in [0.15, 0.2) is 29.2 Å². The van der Waals surface area contributed by atoms with Gasteiger partial charge in [-0.25, -0.2) is 0 Å². The third-order valence-corrected chi connectivity index (χ3v) is 4.93. The zero-order chi connectivity index (χ0) is 13.0. The normalized spacial score (nSPS) is 23.7. The molecule has 2 nitrogen and oxygen atoms in total. The average Bonchev–Trinajstić information content (AvgIpc) is 2.41. The molecule has 0 amide bonds. The number of thioether (sulfide) groups is 1. The highest BCUT2D eigenvalue weighted by molar-refractivity contribution is 8.00. The molecule has 0 aliphatic heterocycles. The SMILES string of the molecule is COC(=O)[C@H]1CC[C@H](Sc2ccc(Cl)cc2)CC1. The minimum Gasteiger partial charge on any atom is -0.469 e. The summed E-state index contributed by atoms with van der Waals surface area (Å²) in [5.41, 5.74) is 0. The fourth-order valence-electron chi connectivity index (χ4n) is 2.29. The minimum absolute atomic E-state index is 0.0510. The van der Waals surface area contributed by atoms with E-state index in [0.717, 1.165) is 30.7 Å². The number of halogens is 1. The third-order valence-electron chi connectivity index (χ3n) is 3.33. The molecule has 0 N–H and O–H groups in total. The van der Waals surface area contributed by atoms with Crippen LogP contribution in [0.4, 0.5) is 0 Å². The fraction of sp³-hybridized carbons (Fsp3) is 0.500. The second-order valence-corrected chi connectivity index (χ2v) is 6.38. The second-order valence-electron chi connectivity index (χ2n) is 4.57. The number of methoxy groups -OCH3 is 1. The van der Waals surface area contributed by atoms with Crippen molar-refractivity contribution in [1.82, 2.24) is 0 Å². The van der Waals surface area contributed by atoms with Crippen molar-refractivity contribution in [2.24, 2.45) is 5.92 Å². The van der Waals surface area contributed by atoms with E-state index in [0.29, 0.717) is 5.25 Å². The molecule has 4 heteroatoms. The van der Waals surface area contributed by atoms with Crippen molar-refractivity contribution in [3.05, 3.63) is 29.3 Å². The molecule has 0 saturated heterocycles. The van der Waals surface area contributed by atoms with E-state index in [4.69, 9.17) is 16.3 Å². The van der Waals surface area contributed by atoms with Gasteiger partial charge in [0.15, 0.2) is 0 Å². The van der Waals surface area contributed by atoms with Gasteiger partial charge in [0.05, 0.1) is 13.0 Å². The second kappa shape index (κ2) is 6.48. The fourth-order valence-corrected chi connectivity index (χ4v) is 3.60. The Balaban J connectivity index is 1.83. The number of carbonyl (C=O) groups is 1. The zero-order valence-corrected chi connectivity index (χ0v) is 12.0. The molecule has 0 bridgehead atoms. The van der Waals surface area contributed by atoms with Gasteiger partial charge in [0.2, 0.25) is 0 Å². The first-order valence-corrected chi connectivity index (χ1v) is 7.45. The molecule has 2 rings (SSSR count). The monoisotopic (exact) mass is 284 g/mol. The standard InChI is InChI=1S/C14H17ClO2S/c1-17-14(16)10-2-6-12(7-3-10)18-13-8-4-11(15)5-9-13/h4-5,8-10,12H,2-3,6-7H2,1H3/t10-,12-. The van der Waals surface area contributed by atoms with Crippen molar-refractivity contribution in [3.63, 3.8) is 0 Å².